The Morgan fingerprint density at radius 1 is 1.40 bits per heavy atom. The normalized spacial score (nSPS) is 3.50. The van der Waals surface area contributed by atoms with Crippen LogP contribution in [0.1, 0.15) is 21.8 Å². The maximum atomic E-state index is 9.98. The predicted octanol–water partition coefficient (Wildman–Crippen LogP) is 2.15. The molecule has 0 aromatic rings. The van der Waals surface area contributed by atoms with Crippen LogP contribution in [0.25, 0.3) is 0 Å². The van der Waals surface area contributed by atoms with Gasteiger partial charge in [0.25, 0.3) is 0 Å². The van der Waals surface area contributed by atoms with Crippen LogP contribution in [-0.2, 0) is 22.4 Å². The third-order valence-electron chi connectivity index (χ3n) is 0. The van der Waals surface area contributed by atoms with Gasteiger partial charge in [0.2, 0.25) is 0 Å². The van der Waals surface area contributed by atoms with Crippen LogP contribution in [0.4, 0.5) is 4.39 Å². The highest BCUT2D eigenvalue weighted by Gasteiger charge is 1.32. The molecule has 10 heavy (non-hydrogen) atoms. The summed E-state index contributed by atoms with van der Waals surface area (Å²) >= 11 is 10.9. The lowest BCUT2D eigenvalue weighted by atomic mass is 10.8. The number of nitrogens with two attached hydrogens (primary N) is 1. The van der Waals surface area contributed by atoms with Crippen molar-refractivity contribution >= 4 is 40.2 Å². The topological polar surface area (TPSA) is 26.0 Å². The van der Waals surface area contributed by atoms with E-state index in [0.717, 1.165) is 6.54 Å². The summed E-state index contributed by atoms with van der Waals surface area (Å²) in [5.41, 5.74) is 4.93. The van der Waals surface area contributed by atoms with Gasteiger partial charge in [0, 0.05) is 22.4 Å². The van der Waals surface area contributed by atoms with Crippen molar-refractivity contribution in [2.45, 2.75) is 21.8 Å². The first-order chi connectivity index (χ1) is 3.83. The highest BCUT2D eigenvalue weighted by molar-refractivity contribution is 8.07. The lowest BCUT2D eigenvalue weighted by molar-refractivity contribution is 0.862. The molecule has 2 N–H and O–H groups in total. The van der Waals surface area contributed by atoms with Crippen LogP contribution in [0.15, 0.2) is 0 Å². The molecule has 66 valence electrons. The Balaban J connectivity index is -0.0000000116. The van der Waals surface area contributed by atoms with Crippen LogP contribution in [0.5, 0.6) is 0 Å². The summed E-state index contributed by atoms with van der Waals surface area (Å²) in [5, 5.41) is 0. The molecule has 0 fully saturated rings. The van der Waals surface area contributed by atoms with Crippen molar-refractivity contribution in [1.82, 2.24) is 0 Å². The molecule has 0 aliphatic rings. The van der Waals surface area contributed by atoms with E-state index in [1.165, 1.54) is 0 Å². The van der Waals surface area contributed by atoms with Crippen LogP contribution in [0, 0.1) is 0 Å². The van der Waals surface area contributed by atoms with E-state index in [1.807, 2.05) is 6.92 Å². The maximum Gasteiger partial charge on any atom is 0.149 e. The molecule has 0 bridgehead atoms. The Morgan fingerprint density at radius 3 is 1.40 bits per heavy atom. The second-order valence-electron chi connectivity index (χ2n) is 0.497. The van der Waals surface area contributed by atoms with Gasteiger partial charge in [0.05, 0.1) is 0 Å². The van der Waals surface area contributed by atoms with Crippen LogP contribution >= 0.6 is 12.2 Å². The fourth-order valence-electron chi connectivity index (χ4n) is 0. The van der Waals surface area contributed by atoms with E-state index in [2.05, 4.69) is 34.6 Å². The zero-order chi connectivity index (χ0) is 7.41. The zero-order valence-corrected chi connectivity index (χ0v) is 6.91. The third-order valence-corrected chi connectivity index (χ3v) is 0. The van der Waals surface area contributed by atoms with Crippen molar-refractivity contribution in [3.05, 3.63) is 0 Å². The molecule has 0 radical (unpaired) electrons. The van der Waals surface area contributed by atoms with Crippen LogP contribution in [0.2, 0.25) is 0 Å². The first kappa shape index (κ1) is 31.5. The minimum Gasteiger partial charge on any atom is -0.331 e. The standard InChI is InChI=1S/C2H7N.CHFS.2CH4.S2/c1-2-3;2-1-3;;;1-2/h2-3H2,1H3;1H;2*1H4;. The van der Waals surface area contributed by atoms with Crippen molar-refractivity contribution in [2.24, 2.45) is 5.73 Å². The lowest BCUT2D eigenvalue weighted by Gasteiger charge is -1.53. The van der Waals surface area contributed by atoms with E-state index in [9.17, 15) is 4.39 Å². The largest absolute Gasteiger partial charge is 0.331 e. The van der Waals surface area contributed by atoms with Crippen molar-refractivity contribution in [1.29, 1.82) is 0 Å². The van der Waals surface area contributed by atoms with Gasteiger partial charge in [-0.25, -0.2) is 4.39 Å². The number of rotatable bonds is 0. The van der Waals surface area contributed by atoms with Crippen LogP contribution in [-0.4, -0.2) is 12.2 Å². The Kier molecular flexibility index (Phi) is 359. The number of hydrogen-bond donors (Lipinski definition) is 1. The van der Waals surface area contributed by atoms with Crippen LogP contribution in [0.3, 0.4) is 0 Å². The first-order valence-electron chi connectivity index (χ1n) is 1.74. The number of hydrogen-bond acceptors (Lipinski definition) is 4. The molecule has 0 unspecified atom stereocenters. The minimum atomic E-state index is 0. The average Bonchev–Trinajstić information content (AvgIpc) is 1.75. The third kappa shape index (κ3) is 2630. The number of halogens is 1. The summed E-state index contributed by atoms with van der Waals surface area (Å²) in [6.45, 7) is 2.65. The van der Waals surface area contributed by atoms with Crippen molar-refractivity contribution in [2.75, 3.05) is 6.54 Å². The summed E-state index contributed by atoms with van der Waals surface area (Å²) in [5.74, 6) is 0. The molecule has 0 amide bonds. The van der Waals surface area contributed by atoms with Crippen molar-refractivity contribution < 1.29 is 4.39 Å². The predicted molar refractivity (Wildman–Crippen MR) is 57.7 cm³/mol. The van der Waals surface area contributed by atoms with E-state index < -0.39 is 0 Å². The van der Waals surface area contributed by atoms with Gasteiger partial charge < -0.3 is 5.73 Å². The minimum absolute atomic E-state index is 0. The molecule has 0 atom stereocenters. The number of thiocarbonyl (C=S) groups is 1. The zero-order valence-electron chi connectivity index (χ0n) is 4.46. The fraction of sp³-hybridized carbons (Fsp3) is 0.800. The summed E-state index contributed by atoms with van der Waals surface area (Å²) < 4.78 is 9.98. The Bertz CT molecular complexity index is 38.1. The molecule has 0 aromatic carbocycles. The van der Waals surface area contributed by atoms with E-state index in [0.29, 0.717) is 0 Å². The first-order valence-corrected chi connectivity index (χ1v) is 3.54. The van der Waals surface area contributed by atoms with Gasteiger partial charge in [-0.1, -0.05) is 34.0 Å². The molecule has 0 saturated heterocycles. The highest BCUT2D eigenvalue weighted by Crippen LogP contribution is 1.40. The molecule has 0 aliphatic heterocycles. The Labute approximate surface area is 78.9 Å². The highest BCUT2D eigenvalue weighted by atomic mass is 32.8. The van der Waals surface area contributed by atoms with Gasteiger partial charge in [0.1, 0.15) is 5.62 Å². The SMILES string of the molecule is C.C.CCN.FC=S.S=S. The molecule has 0 saturated carbocycles. The van der Waals surface area contributed by atoms with Crippen LogP contribution < -0.4 is 5.73 Å². The average molecular weight is 205 g/mol. The van der Waals surface area contributed by atoms with Gasteiger partial charge in [0.15, 0.2) is 0 Å². The summed E-state index contributed by atoms with van der Waals surface area (Å²) in [7, 11) is 0. The maximum absolute atomic E-state index is 9.98. The second-order valence-corrected chi connectivity index (χ2v) is 0.676. The molecule has 0 aliphatic carbocycles. The molecule has 1 nitrogen and oxygen atoms in total. The van der Waals surface area contributed by atoms with E-state index in [1.54, 1.807) is 0 Å². The molecular formula is C5H16FNS3. The molecule has 0 heterocycles. The van der Waals surface area contributed by atoms with E-state index >= 15 is 0 Å². The molecule has 0 aromatic heterocycles. The lowest BCUT2D eigenvalue weighted by Crippen LogP contribution is -1.87. The fourth-order valence-corrected chi connectivity index (χ4v) is 0. The van der Waals surface area contributed by atoms with Gasteiger partial charge >= 0.3 is 0 Å². The quantitative estimate of drug-likeness (QED) is 0.484. The monoisotopic (exact) mass is 205 g/mol. The Hall–Kier alpha value is 0.420. The summed E-state index contributed by atoms with van der Waals surface area (Å²) in [6, 6.07) is 0. The van der Waals surface area contributed by atoms with Gasteiger partial charge in [-0.2, -0.15) is 0 Å². The van der Waals surface area contributed by atoms with Gasteiger partial charge in [-0.3, -0.25) is 0 Å². The summed E-state index contributed by atoms with van der Waals surface area (Å²) in [6.07, 6.45) is 0. The molecular weight excluding hydrogens is 189 g/mol. The Morgan fingerprint density at radius 2 is 1.40 bits per heavy atom. The molecule has 0 rings (SSSR count). The second kappa shape index (κ2) is 114. The molecule has 0 spiro atoms. The smallest absolute Gasteiger partial charge is 0.149 e. The van der Waals surface area contributed by atoms with Crippen molar-refractivity contribution in [3.63, 3.8) is 0 Å². The molecule has 5 heteroatoms. The summed E-state index contributed by atoms with van der Waals surface area (Å²) in [4.78, 5) is 0. The van der Waals surface area contributed by atoms with E-state index in [4.69, 9.17) is 5.73 Å². The van der Waals surface area contributed by atoms with Crippen molar-refractivity contribution in [3.8, 4) is 0 Å². The van der Waals surface area contributed by atoms with Gasteiger partial charge in [-0.05, 0) is 6.54 Å². The van der Waals surface area contributed by atoms with E-state index in [-0.39, 0.29) is 20.5 Å². The van der Waals surface area contributed by atoms with Gasteiger partial charge in [-0.15, -0.1) is 0 Å².